The molecular formula is C8H17NO4. The van der Waals surface area contributed by atoms with E-state index in [1.807, 2.05) is 0 Å². The number of carbonyl (C=O) groups excluding carboxylic acids is 1. The molecule has 0 aromatic carbocycles. The first-order chi connectivity index (χ1) is 6.04. The summed E-state index contributed by atoms with van der Waals surface area (Å²) in [6.07, 6.45) is 0. The predicted octanol–water partition coefficient (Wildman–Crippen LogP) is -0.460. The molecule has 13 heavy (non-hydrogen) atoms. The lowest BCUT2D eigenvalue weighted by Gasteiger charge is -2.26. The fourth-order valence-electron chi connectivity index (χ4n) is 0.945. The van der Waals surface area contributed by atoms with E-state index in [1.54, 1.807) is 0 Å². The Balaban J connectivity index is 3.98. The Kier molecular flexibility index (Phi) is 5.61. The summed E-state index contributed by atoms with van der Waals surface area (Å²) < 4.78 is 14.6. The van der Waals surface area contributed by atoms with Crippen LogP contribution < -0.4 is 5.73 Å². The maximum Gasteiger partial charge on any atom is 0.302 e. The molecule has 0 saturated carbocycles. The van der Waals surface area contributed by atoms with Crippen molar-refractivity contribution in [1.29, 1.82) is 0 Å². The summed E-state index contributed by atoms with van der Waals surface area (Å²) in [6.45, 7) is 2.01. The smallest absolute Gasteiger partial charge is 0.302 e. The van der Waals surface area contributed by atoms with Crippen LogP contribution in [0.3, 0.4) is 0 Å². The Labute approximate surface area is 78.1 Å². The van der Waals surface area contributed by atoms with E-state index in [0.29, 0.717) is 0 Å². The molecule has 5 nitrogen and oxygen atoms in total. The van der Waals surface area contributed by atoms with Crippen LogP contribution >= 0.6 is 0 Å². The van der Waals surface area contributed by atoms with Gasteiger partial charge in [0.15, 0.2) is 0 Å². The van der Waals surface area contributed by atoms with E-state index >= 15 is 0 Å². The maximum atomic E-state index is 10.5. The quantitative estimate of drug-likeness (QED) is 0.575. The van der Waals surface area contributed by atoms with Gasteiger partial charge in [0, 0.05) is 21.1 Å². The second kappa shape index (κ2) is 5.90. The zero-order valence-electron chi connectivity index (χ0n) is 8.33. The van der Waals surface area contributed by atoms with E-state index in [1.165, 1.54) is 21.1 Å². The summed E-state index contributed by atoms with van der Waals surface area (Å²) in [5.41, 5.74) is 5.09. The minimum absolute atomic E-state index is 0.101. The van der Waals surface area contributed by atoms with Crippen molar-refractivity contribution in [3.05, 3.63) is 0 Å². The van der Waals surface area contributed by atoms with Gasteiger partial charge in [-0.1, -0.05) is 0 Å². The van der Waals surface area contributed by atoms with Gasteiger partial charge < -0.3 is 19.9 Å². The van der Waals surface area contributed by atoms with Crippen molar-refractivity contribution in [1.82, 2.24) is 0 Å². The number of esters is 1. The second-order valence-corrected chi connectivity index (χ2v) is 3.01. The van der Waals surface area contributed by atoms with Crippen molar-refractivity contribution in [3.63, 3.8) is 0 Å². The summed E-state index contributed by atoms with van der Waals surface area (Å²) in [4.78, 5) is 10.5. The van der Waals surface area contributed by atoms with E-state index in [2.05, 4.69) is 0 Å². The molecule has 0 aliphatic carbocycles. The highest BCUT2D eigenvalue weighted by atomic mass is 16.5. The zero-order chi connectivity index (χ0) is 10.3. The van der Waals surface area contributed by atoms with Crippen LogP contribution in [0.4, 0.5) is 0 Å². The number of hydrogen-bond donors (Lipinski definition) is 1. The largest absolute Gasteiger partial charge is 0.464 e. The normalized spacial score (nSPS) is 11.4. The van der Waals surface area contributed by atoms with Crippen LogP contribution in [0.1, 0.15) is 6.92 Å². The third kappa shape index (κ3) is 5.57. The van der Waals surface area contributed by atoms with Gasteiger partial charge in [-0.3, -0.25) is 4.79 Å². The summed E-state index contributed by atoms with van der Waals surface area (Å²) in [7, 11) is 3.07. The molecule has 0 unspecified atom stereocenters. The van der Waals surface area contributed by atoms with Gasteiger partial charge >= 0.3 is 5.97 Å². The summed E-state index contributed by atoms with van der Waals surface area (Å²) in [5, 5.41) is 0. The molecule has 5 heteroatoms. The molecule has 0 aliphatic rings. The summed E-state index contributed by atoms with van der Waals surface area (Å²) >= 11 is 0. The van der Waals surface area contributed by atoms with Gasteiger partial charge in [0.2, 0.25) is 0 Å². The molecule has 0 atom stereocenters. The van der Waals surface area contributed by atoms with Gasteiger partial charge in [-0.25, -0.2) is 0 Å². The molecule has 0 amide bonds. The number of rotatable bonds is 6. The first-order valence-corrected chi connectivity index (χ1v) is 3.94. The van der Waals surface area contributed by atoms with Crippen molar-refractivity contribution in [3.8, 4) is 0 Å². The van der Waals surface area contributed by atoms with Crippen LogP contribution in [0.15, 0.2) is 0 Å². The van der Waals surface area contributed by atoms with Crippen LogP contribution in [0.25, 0.3) is 0 Å². The van der Waals surface area contributed by atoms with E-state index in [4.69, 9.17) is 19.9 Å². The maximum absolute atomic E-state index is 10.5. The van der Waals surface area contributed by atoms with Crippen LogP contribution in [0.2, 0.25) is 0 Å². The topological polar surface area (TPSA) is 70.8 Å². The van der Waals surface area contributed by atoms with Crippen LogP contribution in [-0.4, -0.2) is 45.5 Å². The minimum Gasteiger partial charge on any atom is -0.464 e. The monoisotopic (exact) mass is 191 g/mol. The third-order valence-electron chi connectivity index (χ3n) is 1.43. The van der Waals surface area contributed by atoms with E-state index in [0.717, 1.165) is 0 Å². The SMILES string of the molecule is COCC(N)(COC)COC(C)=O. The van der Waals surface area contributed by atoms with E-state index in [9.17, 15) is 4.79 Å². The van der Waals surface area contributed by atoms with Gasteiger partial charge in [0.05, 0.1) is 18.8 Å². The van der Waals surface area contributed by atoms with Gasteiger partial charge in [-0.15, -0.1) is 0 Å². The zero-order valence-corrected chi connectivity index (χ0v) is 8.33. The van der Waals surface area contributed by atoms with E-state index in [-0.39, 0.29) is 25.8 Å². The molecule has 0 bridgehead atoms. The lowest BCUT2D eigenvalue weighted by Crippen LogP contribution is -2.52. The average Bonchev–Trinajstić information content (AvgIpc) is 2.02. The Morgan fingerprint density at radius 1 is 1.23 bits per heavy atom. The summed E-state index contributed by atoms with van der Waals surface area (Å²) in [5.74, 6) is -0.359. The average molecular weight is 191 g/mol. The van der Waals surface area contributed by atoms with Gasteiger partial charge in [0.25, 0.3) is 0 Å². The standard InChI is InChI=1S/C8H17NO4/c1-7(10)13-6-8(9,4-11-2)5-12-3/h4-6,9H2,1-3H3. The lowest BCUT2D eigenvalue weighted by molar-refractivity contribution is -0.144. The molecule has 78 valence electrons. The highest BCUT2D eigenvalue weighted by molar-refractivity contribution is 5.65. The number of hydrogen-bond acceptors (Lipinski definition) is 5. The van der Waals surface area contributed by atoms with Crippen molar-refractivity contribution in [2.75, 3.05) is 34.0 Å². The molecule has 0 radical (unpaired) electrons. The highest BCUT2D eigenvalue weighted by Gasteiger charge is 2.26. The van der Waals surface area contributed by atoms with Crippen LogP contribution in [0, 0.1) is 0 Å². The molecule has 0 aromatic heterocycles. The number of methoxy groups -OCH3 is 2. The number of ether oxygens (including phenoxy) is 3. The number of carbonyl (C=O) groups is 1. The molecule has 0 fully saturated rings. The predicted molar refractivity (Wildman–Crippen MR) is 47.3 cm³/mol. The number of nitrogens with two attached hydrogens (primary N) is 1. The Morgan fingerprint density at radius 2 is 1.69 bits per heavy atom. The van der Waals surface area contributed by atoms with Gasteiger partial charge in [-0.2, -0.15) is 0 Å². The minimum atomic E-state index is -0.755. The van der Waals surface area contributed by atoms with Crippen LogP contribution in [0.5, 0.6) is 0 Å². The molecule has 0 aliphatic heterocycles. The molecule has 0 spiro atoms. The van der Waals surface area contributed by atoms with Gasteiger partial charge in [0.1, 0.15) is 6.61 Å². The first-order valence-electron chi connectivity index (χ1n) is 3.94. The first kappa shape index (κ1) is 12.3. The fourth-order valence-corrected chi connectivity index (χ4v) is 0.945. The summed E-state index contributed by atoms with van der Waals surface area (Å²) in [6, 6.07) is 0. The molecular weight excluding hydrogens is 174 g/mol. The third-order valence-corrected chi connectivity index (χ3v) is 1.43. The van der Waals surface area contributed by atoms with Crippen molar-refractivity contribution in [2.24, 2.45) is 5.73 Å². The van der Waals surface area contributed by atoms with Crippen molar-refractivity contribution >= 4 is 5.97 Å². The molecule has 0 saturated heterocycles. The Hall–Kier alpha value is -0.650. The molecule has 0 heterocycles. The van der Waals surface area contributed by atoms with Crippen molar-refractivity contribution < 1.29 is 19.0 Å². The fraction of sp³-hybridized carbons (Fsp3) is 0.875. The van der Waals surface area contributed by atoms with E-state index < -0.39 is 5.54 Å². The molecule has 2 N–H and O–H groups in total. The van der Waals surface area contributed by atoms with Crippen LogP contribution in [-0.2, 0) is 19.0 Å². The molecule has 0 rings (SSSR count). The Morgan fingerprint density at radius 3 is 2.00 bits per heavy atom. The van der Waals surface area contributed by atoms with Gasteiger partial charge in [-0.05, 0) is 0 Å². The molecule has 0 aromatic rings. The lowest BCUT2D eigenvalue weighted by atomic mass is 10.1. The van der Waals surface area contributed by atoms with Crippen molar-refractivity contribution in [2.45, 2.75) is 12.5 Å². The highest BCUT2D eigenvalue weighted by Crippen LogP contribution is 2.03. The second-order valence-electron chi connectivity index (χ2n) is 3.01. The Bertz CT molecular complexity index is 154.